The Balaban J connectivity index is 1.59. The summed E-state index contributed by atoms with van der Waals surface area (Å²) >= 11 is 0. The average molecular weight is 563 g/mol. The average Bonchev–Trinajstić information content (AvgIpc) is 3.45. The number of nitrogens with one attached hydrogen (secondary N) is 4. The van der Waals surface area contributed by atoms with E-state index in [2.05, 4.69) is 36.2 Å². The van der Waals surface area contributed by atoms with E-state index in [9.17, 15) is 14.4 Å². The van der Waals surface area contributed by atoms with Gasteiger partial charge in [0.2, 0.25) is 17.7 Å². The largest absolute Gasteiger partial charge is 0.494 e. The Kier molecular flexibility index (Phi) is 9.01. The lowest BCUT2D eigenvalue weighted by atomic mass is 9.85. The molecule has 12 heteroatoms. The van der Waals surface area contributed by atoms with Crippen LogP contribution in [0.5, 0.6) is 5.75 Å². The van der Waals surface area contributed by atoms with E-state index >= 15 is 0 Å². The van der Waals surface area contributed by atoms with Crippen LogP contribution in [0, 0.1) is 5.41 Å². The molecule has 2 aromatic heterocycles. The molecule has 3 heterocycles. The van der Waals surface area contributed by atoms with Crippen molar-refractivity contribution >= 4 is 45.8 Å². The van der Waals surface area contributed by atoms with Crippen molar-refractivity contribution in [1.29, 1.82) is 0 Å². The molecule has 3 amide bonds. The first-order chi connectivity index (χ1) is 19.5. The molecule has 12 nitrogen and oxygen atoms in total. The molecule has 0 saturated carbocycles. The lowest BCUT2D eigenvalue weighted by molar-refractivity contribution is -0.143. The van der Waals surface area contributed by atoms with Crippen LogP contribution in [0.1, 0.15) is 40.5 Å². The van der Waals surface area contributed by atoms with E-state index in [1.807, 2.05) is 32.9 Å². The number of aromatic nitrogens is 3. The van der Waals surface area contributed by atoms with Crippen molar-refractivity contribution < 1.29 is 19.1 Å². The summed E-state index contributed by atoms with van der Waals surface area (Å²) in [6.07, 6.45) is 5.97. The molecule has 1 saturated heterocycles. The molecule has 3 aromatic rings. The molecule has 0 aliphatic carbocycles. The molecule has 1 aromatic carbocycles. The molecule has 218 valence electrons. The number of hydrogen-bond acceptors (Lipinski definition) is 9. The predicted octanol–water partition coefficient (Wildman–Crippen LogP) is 2.85. The van der Waals surface area contributed by atoms with Crippen LogP contribution in [0.15, 0.2) is 43.0 Å². The van der Waals surface area contributed by atoms with E-state index in [0.29, 0.717) is 47.5 Å². The Labute approximate surface area is 239 Å². The second-order valence-corrected chi connectivity index (χ2v) is 11.1. The number of benzene rings is 1. The van der Waals surface area contributed by atoms with Gasteiger partial charge >= 0.3 is 0 Å². The van der Waals surface area contributed by atoms with Gasteiger partial charge in [0, 0.05) is 36.1 Å². The van der Waals surface area contributed by atoms with Crippen LogP contribution in [-0.2, 0) is 14.4 Å². The maximum Gasteiger partial charge on any atom is 0.247 e. The zero-order valence-electron chi connectivity index (χ0n) is 24.3. The van der Waals surface area contributed by atoms with Gasteiger partial charge in [0.1, 0.15) is 30.0 Å². The molecule has 41 heavy (non-hydrogen) atoms. The number of ether oxygens (including phenoxy) is 1. The van der Waals surface area contributed by atoms with Crippen LogP contribution >= 0.6 is 0 Å². The summed E-state index contributed by atoms with van der Waals surface area (Å²) in [4.78, 5) is 54.5. The molecule has 0 radical (unpaired) electrons. The van der Waals surface area contributed by atoms with Crippen molar-refractivity contribution in [2.24, 2.45) is 5.41 Å². The van der Waals surface area contributed by atoms with E-state index in [0.717, 1.165) is 5.69 Å². The van der Waals surface area contributed by atoms with E-state index < -0.39 is 23.5 Å². The molecule has 4 N–H and O–H groups in total. The van der Waals surface area contributed by atoms with Gasteiger partial charge in [-0.15, -0.1) is 0 Å². The highest BCUT2D eigenvalue weighted by Gasteiger charge is 2.42. The molecular weight excluding hydrogens is 524 g/mol. The number of rotatable bonds is 9. The quantitative estimate of drug-likeness (QED) is 0.309. The van der Waals surface area contributed by atoms with Crippen molar-refractivity contribution in [2.45, 2.75) is 58.7 Å². The zero-order valence-corrected chi connectivity index (χ0v) is 24.3. The Morgan fingerprint density at radius 3 is 2.51 bits per heavy atom. The minimum Gasteiger partial charge on any atom is -0.494 e. The third-order valence-corrected chi connectivity index (χ3v) is 7.22. The van der Waals surface area contributed by atoms with E-state index in [1.54, 1.807) is 43.4 Å². The van der Waals surface area contributed by atoms with Crippen molar-refractivity contribution in [3.63, 3.8) is 0 Å². The summed E-state index contributed by atoms with van der Waals surface area (Å²) in [6, 6.07) is 5.16. The normalized spacial score (nSPS) is 16.6. The summed E-state index contributed by atoms with van der Waals surface area (Å²) in [5.41, 5.74) is 1.29. The van der Waals surface area contributed by atoms with Gasteiger partial charge < -0.3 is 30.9 Å². The van der Waals surface area contributed by atoms with Crippen molar-refractivity contribution in [3.05, 3.63) is 43.0 Å². The highest BCUT2D eigenvalue weighted by molar-refractivity contribution is 6.03. The van der Waals surface area contributed by atoms with Gasteiger partial charge in [-0.3, -0.25) is 19.4 Å². The van der Waals surface area contributed by atoms with Crippen LogP contribution in [0.25, 0.3) is 10.9 Å². The van der Waals surface area contributed by atoms with Gasteiger partial charge in [-0.2, -0.15) is 0 Å². The Hall–Kier alpha value is -4.32. The van der Waals surface area contributed by atoms with Crippen LogP contribution in [0.2, 0.25) is 0 Å². The smallest absolute Gasteiger partial charge is 0.247 e. The Bertz CT molecular complexity index is 1410. The molecule has 3 atom stereocenters. The number of hydrogen-bond donors (Lipinski definition) is 4. The van der Waals surface area contributed by atoms with Gasteiger partial charge in [-0.25, -0.2) is 9.97 Å². The SMILES string of the molecule is CN[C@@H](C)C(=O)N[C@H](C(=O)N1CCCC1C(=O)Nc1cc2c(Nc3ccncc3)ncnc2cc1OC)C(C)(C)C. The molecule has 0 bridgehead atoms. The second kappa shape index (κ2) is 12.5. The number of likely N-dealkylation sites (N-methyl/N-ethyl adjacent to an activating group) is 1. The number of likely N-dealkylation sites (tertiary alicyclic amines) is 1. The molecular formula is C29H38N8O4. The van der Waals surface area contributed by atoms with Crippen LogP contribution in [-0.4, -0.2) is 76.4 Å². The van der Waals surface area contributed by atoms with Crippen LogP contribution in [0.3, 0.4) is 0 Å². The van der Waals surface area contributed by atoms with Gasteiger partial charge in [0.15, 0.2) is 0 Å². The standard InChI is InChI=1S/C29H38N8O4/c1-17(30-5)26(38)36-24(29(2,3)4)28(40)37-13-7-8-22(37)27(39)35-21-14-19-20(15-23(21)41-6)32-16-33-25(19)34-18-9-11-31-12-10-18/h9-12,14-17,22,24,30H,7-8,13H2,1-6H3,(H,35,39)(H,36,38)(H,31,32,33,34)/t17-,22?,24+/m0/s1. The molecule has 0 spiro atoms. The number of nitrogens with zero attached hydrogens (tertiary/aromatic N) is 4. The van der Waals surface area contributed by atoms with E-state index in [4.69, 9.17) is 4.74 Å². The van der Waals surface area contributed by atoms with Gasteiger partial charge in [0.25, 0.3) is 0 Å². The first-order valence-electron chi connectivity index (χ1n) is 13.6. The Morgan fingerprint density at radius 1 is 1.12 bits per heavy atom. The fraction of sp³-hybridized carbons (Fsp3) is 0.448. The number of methoxy groups -OCH3 is 1. The highest BCUT2D eigenvalue weighted by Crippen LogP contribution is 2.34. The summed E-state index contributed by atoms with van der Waals surface area (Å²) in [6.45, 7) is 7.83. The minimum absolute atomic E-state index is 0.278. The molecule has 1 aliphatic heterocycles. The summed E-state index contributed by atoms with van der Waals surface area (Å²) < 4.78 is 5.57. The number of pyridine rings is 1. The van der Waals surface area contributed by atoms with Crippen molar-refractivity contribution in [2.75, 3.05) is 31.3 Å². The highest BCUT2D eigenvalue weighted by atomic mass is 16.5. The number of carbonyl (C=O) groups excluding carboxylic acids is 3. The topological polar surface area (TPSA) is 150 Å². The fourth-order valence-corrected chi connectivity index (χ4v) is 4.75. The monoisotopic (exact) mass is 562 g/mol. The van der Waals surface area contributed by atoms with E-state index in [-0.39, 0.29) is 17.7 Å². The third-order valence-electron chi connectivity index (χ3n) is 7.22. The van der Waals surface area contributed by atoms with Crippen molar-refractivity contribution in [3.8, 4) is 5.75 Å². The molecule has 1 aliphatic rings. The van der Waals surface area contributed by atoms with Gasteiger partial charge in [-0.1, -0.05) is 20.8 Å². The zero-order chi connectivity index (χ0) is 29.7. The van der Waals surface area contributed by atoms with Gasteiger partial charge in [0.05, 0.1) is 24.4 Å². The van der Waals surface area contributed by atoms with Crippen LogP contribution < -0.4 is 26.0 Å². The number of fused-ring (bicyclic) bond motifs is 1. The van der Waals surface area contributed by atoms with Crippen molar-refractivity contribution in [1.82, 2.24) is 30.5 Å². The molecule has 4 rings (SSSR count). The summed E-state index contributed by atoms with van der Waals surface area (Å²) in [5.74, 6) is 0.0825. The first-order valence-corrected chi connectivity index (χ1v) is 13.6. The maximum atomic E-state index is 13.8. The number of amides is 3. The number of anilines is 3. The summed E-state index contributed by atoms with van der Waals surface area (Å²) in [7, 11) is 3.20. The summed E-state index contributed by atoms with van der Waals surface area (Å²) in [5, 5.41) is 12.7. The maximum absolute atomic E-state index is 13.8. The lowest BCUT2D eigenvalue weighted by Gasteiger charge is -2.36. The molecule has 1 fully saturated rings. The second-order valence-electron chi connectivity index (χ2n) is 11.1. The lowest BCUT2D eigenvalue weighted by Crippen LogP contribution is -2.59. The number of carbonyl (C=O) groups is 3. The molecule has 1 unspecified atom stereocenters. The van der Waals surface area contributed by atoms with Crippen LogP contribution in [0.4, 0.5) is 17.2 Å². The Morgan fingerprint density at radius 2 is 1.85 bits per heavy atom. The van der Waals surface area contributed by atoms with Gasteiger partial charge in [-0.05, 0) is 50.4 Å². The third kappa shape index (κ3) is 6.71. The minimum atomic E-state index is -0.798. The predicted molar refractivity (Wildman–Crippen MR) is 157 cm³/mol. The fourth-order valence-electron chi connectivity index (χ4n) is 4.75. The first kappa shape index (κ1) is 29.7. The van der Waals surface area contributed by atoms with E-state index in [1.165, 1.54) is 13.4 Å².